The van der Waals surface area contributed by atoms with Crippen molar-refractivity contribution in [1.82, 2.24) is 19.9 Å². The van der Waals surface area contributed by atoms with Crippen LogP contribution in [0.3, 0.4) is 0 Å². The molecule has 0 atom stereocenters. The molecule has 7 heteroatoms. The van der Waals surface area contributed by atoms with Crippen LogP contribution in [0.5, 0.6) is 0 Å². The molecule has 0 saturated carbocycles. The number of pyridine rings is 1. The quantitative estimate of drug-likeness (QED) is 0.579. The lowest BCUT2D eigenvalue weighted by Crippen LogP contribution is -2.45. The maximum Gasteiger partial charge on any atom is 0.340 e. The summed E-state index contributed by atoms with van der Waals surface area (Å²) in [5.74, 6) is 0.611. The van der Waals surface area contributed by atoms with Crippen molar-refractivity contribution in [1.29, 1.82) is 0 Å². The van der Waals surface area contributed by atoms with Crippen molar-refractivity contribution in [2.75, 3.05) is 32.8 Å². The summed E-state index contributed by atoms with van der Waals surface area (Å²) in [5.41, 5.74) is 4.16. The van der Waals surface area contributed by atoms with E-state index in [2.05, 4.69) is 15.0 Å². The summed E-state index contributed by atoms with van der Waals surface area (Å²) >= 11 is 0. The lowest BCUT2D eigenvalue weighted by atomic mass is 10.0. The molecule has 1 fully saturated rings. The first-order valence-corrected chi connectivity index (χ1v) is 10.5. The number of esters is 1. The second-order valence-corrected chi connectivity index (χ2v) is 7.78. The second kappa shape index (κ2) is 8.93. The highest BCUT2D eigenvalue weighted by Gasteiger charge is 2.24. The molecule has 0 N–H and O–H groups in total. The van der Waals surface area contributed by atoms with Gasteiger partial charge in [0.25, 0.3) is 0 Å². The highest BCUT2D eigenvalue weighted by molar-refractivity contribution is 5.98. The van der Waals surface area contributed by atoms with Gasteiger partial charge in [-0.1, -0.05) is 23.4 Å². The van der Waals surface area contributed by atoms with Gasteiger partial charge in [-0.05, 0) is 32.4 Å². The van der Waals surface area contributed by atoms with Crippen LogP contribution in [0.15, 0.2) is 34.9 Å². The molecule has 1 aliphatic heterocycles. The molecule has 158 valence electrons. The molecule has 3 aromatic rings. The highest BCUT2D eigenvalue weighted by Crippen LogP contribution is 2.25. The zero-order valence-electron chi connectivity index (χ0n) is 17.9. The van der Waals surface area contributed by atoms with Crippen molar-refractivity contribution in [3.8, 4) is 0 Å². The van der Waals surface area contributed by atoms with Gasteiger partial charge in [0.1, 0.15) is 0 Å². The Labute approximate surface area is 176 Å². The van der Waals surface area contributed by atoms with Gasteiger partial charge >= 0.3 is 5.97 Å². The smallest absolute Gasteiger partial charge is 0.340 e. The summed E-state index contributed by atoms with van der Waals surface area (Å²) in [4.78, 5) is 22.3. The fourth-order valence-electron chi connectivity index (χ4n) is 4.06. The van der Waals surface area contributed by atoms with Crippen molar-refractivity contribution in [2.45, 2.75) is 33.9 Å². The highest BCUT2D eigenvalue weighted by atomic mass is 16.5. The number of hydrogen-bond acceptors (Lipinski definition) is 7. The first kappa shape index (κ1) is 20.5. The monoisotopic (exact) mass is 408 g/mol. The van der Waals surface area contributed by atoms with Gasteiger partial charge in [-0.2, -0.15) is 0 Å². The molecule has 1 saturated heterocycles. The number of piperazine rings is 1. The van der Waals surface area contributed by atoms with Crippen molar-refractivity contribution in [2.24, 2.45) is 0 Å². The van der Waals surface area contributed by atoms with Gasteiger partial charge in [-0.15, -0.1) is 0 Å². The molecular weight excluding hydrogens is 380 g/mol. The lowest BCUT2D eigenvalue weighted by molar-refractivity contribution is 0.0520. The molecule has 0 spiro atoms. The minimum atomic E-state index is -0.289. The number of nitrogens with zero attached hydrogens (tertiary/aromatic N) is 4. The van der Waals surface area contributed by atoms with Gasteiger partial charge < -0.3 is 9.26 Å². The largest absolute Gasteiger partial charge is 0.462 e. The van der Waals surface area contributed by atoms with Gasteiger partial charge in [0, 0.05) is 44.2 Å². The number of benzene rings is 1. The standard InChI is InChI=1S/C23H28N4O3/c1-4-29-23(28)22-17(3)19-7-5-6-8-20(19)24-21(22)15-27-11-9-26(10-12-27)14-18-13-16(2)25-30-18/h5-8,13H,4,9-12,14-15H2,1-3H3. The number of ether oxygens (including phenoxy) is 1. The molecule has 30 heavy (non-hydrogen) atoms. The topological polar surface area (TPSA) is 71.7 Å². The third-order valence-electron chi connectivity index (χ3n) is 5.60. The van der Waals surface area contributed by atoms with E-state index in [1.165, 1.54) is 0 Å². The number of carbonyl (C=O) groups is 1. The molecule has 7 nitrogen and oxygen atoms in total. The third kappa shape index (κ3) is 4.37. The van der Waals surface area contributed by atoms with E-state index in [0.29, 0.717) is 18.7 Å². The first-order valence-electron chi connectivity index (χ1n) is 10.5. The molecular formula is C23H28N4O3. The molecule has 1 aliphatic rings. The number of fused-ring (bicyclic) bond motifs is 1. The number of hydrogen-bond donors (Lipinski definition) is 0. The van der Waals surface area contributed by atoms with Gasteiger partial charge in [-0.3, -0.25) is 14.8 Å². The summed E-state index contributed by atoms with van der Waals surface area (Å²) in [6.45, 7) is 11.2. The first-order chi connectivity index (χ1) is 14.5. The van der Waals surface area contributed by atoms with Crippen LogP contribution in [0.25, 0.3) is 10.9 Å². The van der Waals surface area contributed by atoms with Crippen LogP contribution in [-0.2, 0) is 17.8 Å². The van der Waals surface area contributed by atoms with Crippen molar-refractivity contribution in [3.63, 3.8) is 0 Å². The van der Waals surface area contributed by atoms with E-state index in [1.807, 2.05) is 51.1 Å². The van der Waals surface area contributed by atoms with Gasteiger partial charge in [-0.25, -0.2) is 4.79 Å². The molecule has 2 aromatic heterocycles. The Balaban J connectivity index is 1.50. The van der Waals surface area contributed by atoms with Crippen LogP contribution in [0.1, 0.15) is 40.0 Å². The molecule has 3 heterocycles. The average Bonchev–Trinajstić information content (AvgIpc) is 3.14. The molecule has 0 amide bonds. The molecule has 0 aliphatic carbocycles. The van der Waals surface area contributed by atoms with E-state index in [1.54, 1.807) is 0 Å². The van der Waals surface area contributed by atoms with Crippen molar-refractivity contribution in [3.05, 3.63) is 58.6 Å². The summed E-state index contributed by atoms with van der Waals surface area (Å²) in [6, 6.07) is 9.94. The second-order valence-electron chi connectivity index (χ2n) is 7.78. The van der Waals surface area contributed by atoms with Crippen LogP contribution in [0, 0.1) is 13.8 Å². The average molecular weight is 409 g/mol. The zero-order valence-corrected chi connectivity index (χ0v) is 17.9. The summed E-state index contributed by atoms with van der Waals surface area (Å²) in [5, 5.41) is 4.96. The Morgan fingerprint density at radius 2 is 1.80 bits per heavy atom. The van der Waals surface area contributed by atoms with E-state index >= 15 is 0 Å². The number of carbonyl (C=O) groups excluding carboxylic acids is 1. The van der Waals surface area contributed by atoms with E-state index in [4.69, 9.17) is 14.2 Å². The Morgan fingerprint density at radius 3 is 2.47 bits per heavy atom. The minimum absolute atomic E-state index is 0.289. The maximum absolute atomic E-state index is 12.7. The van der Waals surface area contributed by atoms with Gasteiger partial charge in [0.05, 0.1) is 35.6 Å². The summed E-state index contributed by atoms with van der Waals surface area (Å²) in [7, 11) is 0. The Kier molecular flexibility index (Phi) is 6.11. The van der Waals surface area contributed by atoms with Crippen LogP contribution >= 0.6 is 0 Å². The number of aryl methyl sites for hydroxylation is 2. The Morgan fingerprint density at radius 1 is 1.10 bits per heavy atom. The number of para-hydroxylation sites is 1. The van der Waals surface area contributed by atoms with Crippen LogP contribution in [0.4, 0.5) is 0 Å². The van der Waals surface area contributed by atoms with Crippen LogP contribution in [-0.4, -0.2) is 58.7 Å². The van der Waals surface area contributed by atoms with Crippen molar-refractivity contribution >= 4 is 16.9 Å². The Hall–Kier alpha value is -2.77. The number of rotatable bonds is 6. The fourth-order valence-corrected chi connectivity index (χ4v) is 4.06. The van der Waals surface area contributed by atoms with E-state index in [-0.39, 0.29) is 5.97 Å². The molecule has 0 bridgehead atoms. The van der Waals surface area contributed by atoms with Crippen LogP contribution in [0.2, 0.25) is 0 Å². The van der Waals surface area contributed by atoms with E-state index in [0.717, 1.165) is 66.3 Å². The molecule has 4 rings (SSSR count). The van der Waals surface area contributed by atoms with Crippen LogP contribution < -0.4 is 0 Å². The lowest BCUT2D eigenvalue weighted by Gasteiger charge is -2.34. The molecule has 1 aromatic carbocycles. The van der Waals surface area contributed by atoms with E-state index < -0.39 is 0 Å². The van der Waals surface area contributed by atoms with Gasteiger partial charge in [0.2, 0.25) is 0 Å². The minimum Gasteiger partial charge on any atom is -0.462 e. The van der Waals surface area contributed by atoms with Gasteiger partial charge in [0.15, 0.2) is 5.76 Å². The predicted octanol–water partition coefficient (Wildman–Crippen LogP) is 3.33. The maximum atomic E-state index is 12.7. The molecule has 0 radical (unpaired) electrons. The normalized spacial score (nSPS) is 15.6. The summed E-state index contributed by atoms with van der Waals surface area (Å²) < 4.78 is 10.7. The predicted molar refractivity (Wildman–Crippen MR) is 114 cm³/mol. The number of aromatic nitrogens is 2. The van der Waals surface area contributed by atoms with Crippen molar-refractivity contribution < 1.29 is 14.1 Å². The third-order valence-corrected chi connectivity index (χ3v) is 5.60. The molecule has 0 unspecified atom stereocenters. The Bertz CT molecular complexity index is 1040. The zero-order chi connectivity index (χ0) is 21.1. The SMILES string of the molecule is CCOC(=O)c1c(CN2CCN(Cc3cc(C)no3)CC2)nc2ccccc2c1C. The fraction of sp³-hybridized carbons (Fsp3) is 0.435. The summed E-state index contributed by atoms with van der Waals surface area (Å²) in [6.07, 6.45) is 0. The van der Waals surface area contributed by atoms with E-state index in [9.17, 15) is 4.79 Å².